The number of nitrogen functional groups attached to an aromatic ring is 2. The van der Waals surface area contributed by atoms with Crippen LogP contribution in [0.1, 0.15) is 68.5 Å². The summed E-state index contributed by atoms with van der Waals surface area (Å²) in [4.78, 5) is 70.9. The molecule has 0 amide bonds. The average molecular weight is 1020 g/mol. The minimum absolute atomic E-state index is 0.0244. The molecule has 18 heteroatoms. The number of nitrogens with two attached hydrogens (primary N) is 2. The molecule has 0 fully saturated rings. The maximum atomic E-state index is 13.8. The first-order valence-electron chi connectivity index (χ1n) is 21.4. The van der Waals surface area contributed by atoms with Gasteiger partial charge in [-0.2, -0.15) is 13.2 Å². The summed E-state index contributed by atoms with van der Waals surface area (Å²) in [5.74, 6) is -5.03. The van der Waals surface area contributed by atoms with Crippen molar-refractivity contribution in [3.8, 4) is 22.5 Å². The van der Waals surface area contributed by atoms with Crippen LogP contribution in [-0.2, 0) is 9.59 Å². The number of hydrogen-bond donors (Lipinski definition) is 4. The lowest BCUT2D eigenvalue weighted by Crippen LogP contribution is -2.53. The second-order valence-corrected chi connectivity index (χ2v) is 16.3. The van der Waals surface area contributed by atoms with Crippen molar-refractivity contribution < 1.29 is 51.9 Å². The third-order valence-electron chi connectivity index (χ3n) is 9.46. The number of carboxylic acid groups (broad SMARTS) is 2. The maximum Gasteiger partial charge on any atom is 0.521 e. The van der Waals surface area contributed by atoms with Gasteiger partial charge < -0.3 is 21.7 Å². The normalized spacial score (nSPS) is 11.2. The number of ketones is 2. The van der Waals surface area contributed by atoms with Gasteiger partial charge in [0.15, 0.2) is 0 Å². The van der Waals surface area contributed by atoms with Gasteiger partial charge >= 0.3 is 24.0 Å². The highest BCUT2D eigenvalue weighted by molar-refractivity contribution is 6.49. The molecule has 0 unspecified atom stereocenters. The third-order valence-corrected chi connectivity index (χ3v) is 9.46. The lowest BCUT2D eigenvalue weighted by molar-refractivity contribution is -0.548. The summed E-state index contributed by atoms with van der Waals surface area (Å²) in [6, 6.07) is 32.3. The van der Waals surface area contributed by atoms with Crippen LogP contribution in [0.2, 0.25) is 0 Å². The van der Waals surface area contributed by atoms with Crippen molar-refractivity contribution in [3.63, 3.8) is 0 Å². The quantitative estimate of drug-likeness (QED) is 0.0313. The number of Topliss-reactive ketones (excluding diaryl/α,β-unsaturated/α-hetero) is 2. The van der Waals surface area contributed by atoms with Gasteiger partial charge in [-0.05, 0) is 85.5 Å². The molecule has 6 N–H and O–H groups in total. The Balaban J connectivity index is 0.000000275. The topological polar surface area (TPSA) is 220 Å². The predicted octanol–water partition coefficient (Wildman–Crippen LogP) is 11.5. The number of aromatic nitrogens is 4. The molecular weight excluding hydrogens is 973 g/mol. The van der Waals surface area contributed by atoms with E-state index in [0.717, 1.165) is 23.3 Å². The number of halogens is 5. The van der Waals surface area contributed by atoms with Gasteiger partial charge in [0.25, 0.3) is 5.52 Å². The SMILES string of the molecule is C/C=C/c1ccc(C(=O)C(=O)c2ccc(/C=C/C)cc2)cc1.CC(Cl)Cl.Nc1cccnc1N.O=C(O)/C=C/c1ccc(-c2nc3ncccc3[n+](C(=O)C(F)(F)F)c2-c2ccc(/C=C/C(=O)O)cc2)cc1. The Hall–Kier alpha value is -8.60. The van der Waals surface area contributed by atoms with Crippen LogP contribution in [0.4, 0.5) is 24.7 Å². The molecule has 0 radical (unpaired) electrons. The van der Waals surface area contributed by atoms with E-state index in [9.17, 15) is 37.1 Å². The predicted molar refractivity (Wildman–Crippen MR) is 276 cm³/mol. The molecule has 13 nitrogen and oxygen atoms in total. The molecule has 72 heavy (non-hydrogen) atoms. The number of carbonyl (C=O) groups excluding carboxylic acids is 3. The fraction of sp³-hybridized carbons (Fsp3) is 0.0926. The molecular formula is C54H46Cl2F3N6O7+. The maximum absolute atomic E-state index is 13.8. The zero-order valence-electron chi connectivity index (χ0n) is 38.7. The van der Waals surface area contributed by atoms with E-state index in [4.69, 9.17) is 44.9 Å². The van der Waals surface area contributed by atoms with Crippen molar-refractivity contribution in [1.29, 1.82) is 0 Å². The molecule has 7 rings (SSSR count). The largest absolute Gasteiger partial charge is 0.521 e. The summed E-state index contributed by atoms with van der Waals surface area (Å²) in [5.41, 5.74) is 15.1. The minimum atomic E-state index is -5.23. The molecule has 0 bridgehead atoms. The van der Waals surface area contributed by atoms with Crippen molar-refractivity contribution >= 4 is 99.6 Å². The van der Waals surface area contributed by atoms with Crippen LogP contribution in [-0.4, -0.2) is 65.6 Å². The molecule has 368 valence electrons. The molecule has 0 atom stereocenters. The van der Waals surface area contributed by atoms with Gasteiger partial charge in [0.2, 0.25) is 22.9 Å². The van der Waals surface area contributed by atoms with Crippen molar-refractivity contribution in [2.75, 3.05) is 11.5 Å². The number of allylic oxidation sites excluding steroid dienone is 2. The van der Waals surface area contributed by atoms with E-state index >= 15 is 0 Å². The third kappa shape index (κ3) is 16.8. The fourth-order valence-corrected chi connectivity index (χ4v) is 6.25. The monoisotopic (exact) mass is 1020 g/mol. The number of benzene rings is 4. The van der Waals surface area contributed by atoms with Crippen molar-refractivity contribution in [1.82, 2.24) is 15.0 Å². The molecule has 0 aliphatic rings. The molecule has 0 saturated heterocycles. The average Bonchev–Trinajstić information content (AvgIpc) is 3.35. The van der Waals surface area contributed by atoms with Crippen molar-refractivity contribution in [3.05, 3.63) is 191 Å². The van der Waals surface area contributed by atoms with Gasteiger partial charge in [-0.15, -0.1) is 27.8 Å². The Kier molecular flexibility index (Phi) is 21.0. The van der Waals surface area contributed by atoms with Gasteiger partial charge in [0, 0.05) is 52.9 Å². The van der Waals surface area contributed by atoms with Crippen LogP contribution < -0.4 is 16.0 Å². The molecule has 3 aromatic heterocycles. The molecule has 0 aliphatic heterocycles. The van der Waals surface area contributed by atoms with E-state index in [1.807, 2.05) is 62.4 Å². The zero-order chi connectivity index (χ0) is 53.0. The second kappa shape index (κ2) is 27.0. The number of pyridine rings is 2. The lowest BCUT2D eigenvalue weighted by atomic mass is 9.99. The minimum Gasteiger partial charge on any atom is -0.478 e. The number of fused-ring (bicyclic) bond motifs is 1. The lowest BCUT2D eigenvalue weighted by Gasteiger charge is -2.12. The fourth-order valence-electron chi connectivity index (χ4n) is 6.25. The first-order chi connectivity index (χ1) is 34.2. The highest BCUT2D eigenvalue weighted by Gasteiger charge is 2.51. The van der Waals surface area contributed by atoms with Gasteiger partial charge in [-0.1, -0.05) is 109 Å². The summed E-state index contributed by atoms with van der Waals surface area (Å²) in [6.07, 6.45) is 9.96. The summed E-state index contributed by atoms with van der Waals surface area (Å²) in [5, 5.41) is 17.7. The van der Waals surface area contributed by atoms with Crippen LogP contribution in [0, 0.1) is 0 Å². The van der Waals surface area contributed by atoms with E-state index in [0.29, 0.717) is 43.9 Å². The summed E-state index contributed by atoms with van der Waals surface area (Å²) >= 11 is 10.1. The number of nitrogens with zero attached hydrogens (tertiary/aromatic N) is 4. The number of carboxylic acids is 2. The van der Waals surface area contributed by atoms with Crippen molar-refractivity contribution in [2.24, 2.45) is 0 Å². The highest BCUT2D eigenvalue weighted by Crippen LogP contribution is 2.32. The molecule has 3 heterocycles. The van der Waals surface area contributed by atoms with Crippen LogP contribution in [0.15, 0.2) is 158 Å². The van der Waals surface area contributed by atoms with E-state index in [-0.39, 0.29) is 33.0 Å². The van der Waals surface area contributed by atoms with E-state index in [2.05, 4.69) is 15.0 Å². The highest BCUT2D eigenvalue weighted by atomic mass is 35.5. The van der Waals surface area contributed by atoms with E-state index < -0.39 is 35.6 Å². The van der Waals surface area contributed by atoms with Crippen LogP contribution in [0.25, 0.3) is 58.0 Å². The van der Waals surface area contributed by atoms with Crippen molar-refractivity contribution in [2.45, 2.75) is 31.8 Å². The number of anilines is 2. The Morgan fingerprint density at radius 3 is 1.40 bits per heavy atom. The van der Waals surface area contributed by atoms with Crippen LogP contribution in [0.5, 0.6) is 0 Å². The Bertz CT molecular complexity index is 3050. The molecule has 0 aliphatic carbocycles. The summed E-state index contributed by atoms with van der Waals surface area (Å²) in [7, 11) is 0. The first-order valence-corrected chi connectivity index (χ1v) is 22.2. The van der Waals surface area contributed by atoms with Gasteiger partial charge in [0.1, 0.15) is 16.3 Å². The first kappa shape index (κ1) is 56.0. The van der Waals surface area contributed by atoms with Gasteiger partial charge in [-0.3, -0.25) is 9.59 Å². The number of rotatable bonds is 11. The second-order valence-electron chi connectivity index (χ2n) is 14.8. The Labute approximate surface area is 421 Å². The smallest absolute Gasteiger partial charge is 0.478 e. The van der Waals surface area contributed by atoms with Gasteiger partial charge in [0.05, 0.1) is 5.69 Å². The van der Waals surface area contributed by atoms with Gasteiger partial charge in [-0.25, -0.2) is 29.3 Å². The molecule has 7 aromatic rings. The number of alkyl halides is 5. The standard InChI is InChI=1S/C27H16F3N3O5.C20H18O2.C5H7N3.C2H4Cl2/c28-27(29,30)26(38)33-20-2-1-15-31-25(20)32-23(18-9-3-16(4-10-18)7-13-21(34)35)24(33)19-11-5-17(6-12-19)8-14-22(36)37;1-3-5-15-7-11-17(12-8-15)19(21)20(22)18-13-9-16(6-4-2)10-14-18;6-4-2-1-3-8-5(4)7;1-2(3)4/h1-15H,(H-,34,35,36,37);3-14H,1-2H3;1-3H,6H2,(H2,7,8);2H,1H3/p+1/b13-7+,14-8+;5-3+,6-4+;;. The molecule has 0 spiro atoms. The number of carbonyl (C=O) groups is 5. The molecule has 0 saturated carbocycles. The van der Waals surface area contributed by atoms with Crippen LogP contribution in [0.3, 0.4) is 0 Å². The number of hydrogen-bond acceptors (Lipinski definition) is 10. The van der Waals surface area contributed by atoms with E-state index in [1.54, 1.807) is 61.7 Å². The molecule has 4 aromatic carbocycles. The van der Waals surface area contributed by atoms with E-state index in [1.165, 1.54) is 66.9 Å². The Morgan fingerprint density at radius 2 is 1.01 bits per heavy atom. The summed E-state index contributed by atoms with van der Waals surface area (Å²) < 4.78 is 41.9. The Morgan fingerprint density at radius 1 is 0.611 bits per heavy atom. The number of aliphatic carboxylic acids is 2. The zero-order valence-corrected chi connectivity index (χ0v) is 40.2. The summed E-state index contributed by atoms with van der Waals surface area (Å²) in [6.45, 7) is 5.56. The van der Waals surface area contributed by atoms with Crippen LogP contribution >= 0.6 is 23.2 Å².